The molecule has 1 atom stereocenters. The Hall–Kier alpha value is -2.11. The fourth-order valence-electron chi connectivity index (χ4n) is 1.91. The minimum Gasteiger partial charge on any atom is -0.480 e. The Bertz CT molecular complexity index is 509. The van der Waals surface area contributed by atoms with Crippen LogP contribution in [0.4, 0.5) is 14.9 Å². The summed E-state index contributed by atoms with van der Waals surface area (Å²) in [6.45, 7) is 7.31. The monoisotopic (exact) mass is 296 g/mol. The topological polar surface area (TPSA) is 69.6 Å². The summed E-state index contributed by atoms with van der Waals surface area (Å²) >= 11 is 0. The minimum atomic E-state index is -1.09. The van der Waals surface area contributed by atoms with Crippen molar-refractivity contribution in [3.63, 3.8) is 0 Å². The van der Waals surface area contributed by atoms with E-state index in [0.29, 0.717) is 12.2 Å². The molecule has 0 aliphatic heterocycles. The van der Waals surface area contributed by atoms with Gasteiger partial charge >= 0.3 is 12.0 Å². The summed E-state index contributed by atoms with van der Waals surface area (Å²) in [5, 5.41) is 11.8. The fraction of sp³-hybridized carbons (Fsp3) is 0.467. The molecule has 2 N–H and O–H groups in total. The van der Waals surface area contributed by atoms with Gasteiger partial charge in [0.1, 0.15) is 11.9 Å². The fourth-order valence-corrected chi connectivity index (χ4v) is 1.91. The summed E-state index contributed by atoms with van der Waals surface area (Å²) in [5.41, 5.74) is -0.113. The quantitative estimate of drug-likeness (QED) is 0.897. The van der Waals surface area contributed by atoms with E-state index >= 15 is 0 Å². The predicted molar refractivity (Wildman–Crippen MR) is 78.8 cm³/mol. The lowest BCUT2D eigenvalue weighted by atomic mass is 9.87. The summed E-state index contributed by atoms with van der Waals surface area (Å²) in [7, 11) is 0. The van der Waals surface area contributed by atoms with Crippen LogP contribution in [-0.4, -0.2) is 29.7 Å². The molecule has 5 nitrogen and oxygen atoms in total. The maximum atomic E-state index is 12.9. The van der Waals surface area contributed by atoms with Gasteiger partial charge in [0.2, 0.25) is 0 Å². The molecule has 2 amide bonds. The molecule has 1 rings (SSSR count). The Morgan fingerprint density at radius 3 is 2.19 bits per heavy atom. The second kappa shape index (κ2) is 6.56. The zero-order chi connectivity index (χ0) is 16.2. The van der Waals surface area contributed by atoms with Gasteiger partial charge in [-0.2, -0.15) is 0 Å². The van der Waals surface area contributed by atoms with Crippen molar-refractivity contribution in [3.05, 3.63) is 30.1 Å². The second-order valence-electron chi connectivity index (χ2n) is 5.81. The molecule has 0 unspecified atom stereocenters. The van der Waals surface area contributed by atoms with Gasteiger partial charge < -0.3 is 10.4 Å². The number of hydrogen-bond donors (Lipinski definition) is 2. The molecule has 0 radical (unpaired) electrons. The summed E-state index contributed by atoms with van der Waals surface area (Å²) in [6, 6.07) is 3.93. The molecule has 1 aromatic rings. The first-order chi connectivity index (χ1) is 9.66. The molecule has 0 bridgehead atoms. The number of carboxylic acids is 1. The van der Waals surface area contributed by atoms with Crippen molar-refractivity contribution >= 4 is 17.7 Å². The number of benzene rings is 1. The molecule has 21 heavy (non-hydrogen) atoms. The van der Waals surface area contributed by atoms with E-state index in [4.69, 9.17) is 0 Å². The number of nitrogens with one attached hydrogen (secondary N) is 1. The lowest BCUT2D eigenvalue weighted by molar-refractivity contribution is -0.141. The maximum Gasteiger partial charge on any atom is 0.326 e. The molecule has 0 aliphatic carbocycles. The van der Waals surface area contributed by atoms with Crippen LogP contribution >= 0.6 is 0 Å². The Balaban J connectivity index is 2.93. The normalized spacial score (nSPS) is 12.6. The van der Waals surface area contributed by atoms with Gasteiger partial charge in [0.15, 0.2) is 0 Å². The first-order valence-electron chi connectivity index (χ1n) is 6.73. The zero-order valence-electron chi connectivity index (χ0n) is 12.7. The van der Waals surface area contributed by atoms with Crippen LogP contribution in [0.3, 0.4) is 0 Å². The molecule has 0 saturated carbocycles. The number of rotatable bonds is 4. The van der Waals surface area contributed by atoms with E-state index in [9.17, 15) is 19.1 Å². The molecular weight excluding hydrogens is 275 g/mol. The van der Waals surface area contributed by atoms with Crippen LogP contribution in [0.5, 0.6) is 0 Å². The van der Waals surface area contributed by atoms with Crippen molar-refractivity contribution in [2.75, 3.05) is 11.4 Å². The van der Waals surface area contributed by atoms with E-state index in [2.05, 4.69) is 5.32 Å². The molecule has 0 spiro atoms. The number of nitrogens with zero attached hydrogens (tertiary/aromatic N) is 1. The third-order valence-corrected chi connectivity index (χ3v) is 3.08. The second-order valence-corrected chi connectivity index (χ2v) is 5.81. The highest BCUT2D eigenvalue weighted by Crippen LogP contribution is 2.21. The van der Waals surface area contributed by atoms with Crippen molar-refractivity contribution in [2.24, 2.45) is 5.41 Å². The standard InChI is InChI=1S/C15H21FN2O3/c1-5-18(11-8-6-10(16)7-9-11)14(21)17-12(13(19)20)15(2,3)4/h6-9,12H,5H2,1-4H3,(H,17,21)(H,19,20)/t12-/m1/s1. The molecule has 0 aromatic heterocycles. The van der Waals surface area contributed by atoms with Crippen molar-refractivity contribution < 1.29 is 19.1 Å². The van der Waals surface area contributed by atoms with E-state index in [-0.39, 0.29) is 0 Å². The van der Waals surface area contributed by atoms with Crippen molar-refractivity contribution in [1.29, 1.82) is 0 Å². The summed E-state index contributed by atoms with van der Waals surface area (Å²) in [4.78, 5) is 24.9. The number of aliphatic carboxylic acids is 1. The number of hydrogen-bond acceptors (Lipinski definition) is 2. The van der Waals surface area contributed by atoms with Gasteiger partial charge in [-0.15, -0.1) is 0 Å². The van der Waals surface area contributed by atoms with Crippen molar-refractivity contribution in [1.82, 2.24) is 5.32 Å². The Morgan fingerprint density at radius 1 is 1.29 bits per heavy atom. The molecule has 0 saturated heterocycles. The van der Waals surface area contributed by atoms with Crippen LogP contribution in [0.1, 0.15) is 27.7 Å². The van der Waals surface area contributed by atoms with Crippen LogP contribution in [0.25, 0.3) is 0 Å². The van der Waals surface area contributed by atoms with Gasteiger partial charge in [0, 0.05) is 12.2 Å². The Labute approximate surface area is 123 Å². The van der Waals surface area contributed by atoms with Crippen LogP contribution in [0.2, 0.25) is 0 Å². The highest BCUT2D eigenvalue weighted by Gasteiger charge is 2.33. The first-order valence-corrected chi connectivity index (χ1v) is 6.73. The summed E-state index contributed by atoms with van der Waals surface area (Å²) in [6.07, 6.45) is 0. The number of amides is 2. The number of carboxylic acid groups (broad SMARTS) is 1. The molecule has 6 heteroatoms. The van der Waals surface area contributed by atoms with Crippen LogP contribution < -0.4 is 10.2 Å². The van der Waals surface area contributed by atoms with Gasteiger partial charge in [0.05, 0.1) is 0 Å². The lowest BCUT2D eigenvalue weighted by Gasteiger charge is -2.30. The number of carbonyl (C=O) groups excluding carboxylic acids is 1. The highest BCUT2D eigenvalue weighted by atomic mass is 19.1. The summed E-state index contributed by atoms with van der Waals surface area (Å²) in [5.74, 6) is -1.49. The van der Waals surface area contributed by atoms with E-state index in [1.54, 1.807) is 27.7 Å². The molecule has 0 aliphatic rings. The predicted octanol–water partition coefficient (Wildman–Crippen LogP) is 2.86. The first kappa shape index (κ1) is 16.9. The third-order valence-electron chi connectivity index (χ3n) is 3.08. The van der Waals surface area contributed by atoms with Crippen molar-refractivity contribution in [2.45, 2.75) is 33.7 Å². The van der Waals surface area contributed by atoms with E-state index in [0.717, 1.165) is 0 Å². The SMILES string of the molecule is CCN(C(=O)N[C@H](C(=O)O)C(C)(C)C)c1ccc(F)cc1. The molecule has 0 fully saturated rings. The number of anilines is 1. The zero-order valence-corrected chi connectivity index (χ0v) is 12.7. The molecule has 0 heterocycles. The lowest BCUT2D eigenvalue weighted by Crippen LogP contribution is -2.53. The Kier molecular flexibility index (Phi) is 5.29. The number of urea groups is 1. The average Bonchev–Trinajstić information content (AvgIpc) is 2.37. The molecular formula is C15H21FN2O3. The van der Waals surface area contributed by atoms with Gasteiger partial charge in [-0.25, -0.2) is 14.0 Å². The minimum absolute atomic E-state index is 0.341. The van der Waals surface area contributed by atoms with Gasteiger partial charge in [-0.1, -0.05) is 20.8 Å². The number of carbonyl (C=O) groups is 2. The summed E-state index contributed by atoms with van der Waals surface area (Å²) < 4.78 is 12.9. The van der Waals surface area contributed by atoms with E-state index in [1.165, 1.54) is 29.2 Å². The largest absolute Gasteiger partial charge is 0.480 e. The van der Waals surface area contributed by atoms with Gasteiger partial charge in [-0.3, -0.25) is 4.90 Å². The number of halogens is 1. The van der Waals surface area contributed by atoms with Crippen LogP contribution in [0.15, 0.2) is 24.3 Å². The smallest absolute Gasteiger partial charge is 0.326 e. The maximum absolute atomic E-state index is 12.9. The van der Waals surface area contributed by atoms with Crippen LogP contribution in [-0.2, 0) is 4.79 Å². The molecule has 1 aromatic carbocycles. The third kappa shape index (κ3) is 4.44. The van der Waals surface area contributed by atoms with Gasteiger partial charge in [0.25, 0.3) is 0 Å². The highest BCUT2D eigenvalue weighted by molar-refractivity contribution is 5.94. The Morgan fingerprint density at radius 2 is 1.81 bits per heavy atom. The van der Waals surface area contributed by atoms with Crippen LogP contribution in [0, 0.1) is 11.2 Å². The van der Waals surface area contributed by atoms with Gasteiger partial charge in [-0.05, 0) is 36.6 Å². The molecule has 116 valence electrons. The average molecular weight is 296 g/mol. The van der Waals surface area contributed by atoms with Crippen molar-refractivity contribution in [3.8, 4) is 0 Å². The van der Waals surface area contributed by atoms with E-state index < -0.39 is 29.3 Å². The van der Waals surface area contributed by atoms with E-state index in [1.807, 2.05) is 0 Å².